The first kappa shape index (κ1) is 15.1. The van der Waals surface area contributed by atoms with Gasteiger partial charge in [-0.2, -0.15) is 0 Å². The molecule has 1 fully saturated rings. The Kier molecular flexibility index (Phi) is 4.89. The van der Waals surface area contributed by atoms with Crippen LogP contribution in [0, 0.1) is 0 Å². The molecule has 0 aliphatic carbocycles. The molecule has 1 saturated heterocycles. The summed E-state index contributed by atoms with van der Waals surface area (Å²) in [5.41, 5.74) is 0.759. The molecule has 1 aliphatic heterocycles. The highest BCUT2D eigenvalue weighted by Gasteiger charge is 2.26. The maximum Gasteiger partial charge on any atom is 0.243 e. The Morgan fingerprint density at radius 1 is 1.45 bits per heavy atom. The summed E-state index contributed by atoms with van der Waals surface area (Å²) in [6.45, 7) is 1.83. The monoisotopic (exact) mass is 314 g/mol. The molecule has 2 amide bonds. The number of carbonyl (C=O) groups is 2. The molecule has 1 aromatic carbocycles. The van der Waals surface area contributed by atoms with E-state index in [1.165, 1.54) is 0 Å². The minimum atomic E-state index is -0.461. The lowest BCUT2D eigenvalue weighted by Crippen LogP contribution is -2.49. The van der Waals surface area contributed by atoms with E-state index < -0.39 is 6.04 Å². The van der Waals surface area contributed by atoms with Crippen LogP contribution in [0.1, 0.15) is 37.8 Å². The van der Waals surface area contributed by atoms with Crippen molar-refractivity contribution in [1.82, 2.24) is 10.6 Å². The van der Waals surface area contributed by atoms with E-state index in [1.54, 1.807) is 18.2 Å². The fraction of sp³-hybridized carbons (Fsp3) is 0.429. The van der Waals surface area contributed by atoms with Gasteiger partial charge in [-0.05, 0) is 43.5 Å². The molecular weight excluding hydrogens is 299 g/mol. The molecule has 0 saturated carbocycles. The van der Waals surface area contributed by atoms with E-state index in [2.05, 4.69) is 10.6 Å². The highest BCUT2D eigenvalue weighted by Crippen LogP contribution is 2.26. The van der Waals surface area contributed by atoms with Gasteiger partial charge in [-0.25, -0.2) is 0 Å². The molecule has 1 aromatic rings. The fourth-order valence-electron chi connectivity index (χ4n) is 2.24. The number of rotatable bonds is 3. The Labute approximate surface area is 127 Å². The van der Waals surface area contributed by atoms with Crippen molar-refractivity contribution in [2.24, 2.45) is 0 Å². The number of carbonyl (C=O) groups excluding carboxylic acids is 2. The molecule has 0 unspecified atom stereocenters. The third kappa shape index (κ3) is 3.64. The second-order valence-electron chi connectivity index (χ2n) is 4.91. The Hall–Kier alpha value is -1.26. The zero-order chi connectivity index (χ0) is 14.7. The van der Waals surface area contributed by atoms with Crippen molar-refractivity contribution in [1.29, 1.82) is 0 Å². The molecule has 0 spiro atoms. The smallest absolute Gasteiger partial charge is 0.243 e. The van der Waals surface area contributed by atoms with Crippen molar-refractivity contribution in [3.63, 3.8) is 0 Å². The van der Waals surface area contributed by atoms with Crippen molar-refractivity contribution < 1.29 is 9.59 Å². The number of amides is 2. The second-order valence-corrected chi connectivity index (χ2v) is 5.75. The van der Waals surface area contributed by atoms with E-state index in [-0.39, 0.29) is 17.9 Å². The highest BCUT2D eigenvalue weighted by molar-refractivity contribution is 6.33. The van der Waals surface area contributed by atoms with Crippen LogP contribution in [0.25, 0.3) is 0 Å². The molecule has 0 aromatic heterocycles. The Morgan fingerprint density at radius 2 is 2.20 bits per heavy atom. The van der Waals surface area contributed by atoms with Gasteiger partial charge in [0.05, 0.1) is 6.04 Å². The van der Waals surface area contributed by atoms with Gasteiger partial charge in [-0.1, -0.05) is 23.2 Å². The summed E-state index contributed by atoms with van der Waals surface area (Å²) in [5.74, 6) is -0.272. The van der Waals surface area contributed by atoms with Gasteiger partial charge in [0, 0.05) is 16.5 Å². The average Bonchev–Trinajstić information content (AvgIpc) is 2.41. The topological polar surface area (TPSA) is 58.2 Å². The SMILES string of the molecule is C[C@H](NC(=O)[C@H]1CCCC(=O)N1)c1cc(Cl)ccc1Cl. The number of nitrogens with one attached hydrogen (secondary N) is 2. The maximum atomic E-state index is 12.1. The van der Waals surface area contributed by atoms with Crippen LogP contribution in [0.2, 0.25) is 10.0 Å². The van der Waals surface area contributed by atoms with Crippen LogP contribution >= 0.6 is 23.2 Å². The van der Waals surface area contributed by atoms with E-state index in [9.17, 15) is 9.59 Å². The van der Waals surface area contributed by atoms with Gasteiger partial charge in [-0.15, -0.1) is 0 Å². The van der Waals surface area contributed by atoms with Crippen LogP contribution in [-0.4, -0.2) is 17.9 Å². The summed E-state index contributed by atoms with van der Waals surface area (Å²) in [7, 11) is 0. The number of benzene rings is 1. The van der Waals surface area contributed by atoms with Gasteiger partial charge in [-0.3, -0.25) is 9.59 Å². The number of hydrogen-bond donors (Lipinski definition) is 2. The lowest BCUT2D eigenvalue weighted by molar-refractivity contribution is -0.131. The van der Waals surface area contributed by atoms with Gasteiger partial charge in [0.25, 0.3) is 0 Å². The van der Waals surface area contributed by atoms with Crippen molar-refractivity contribution in [2.75, 3.05) is 0 Å². The molecule has 1 aliphatic rings. The first-order valence-corrected chi connectivity index (χ1v) is 7.27. The van der Waals surface area contributed by atoms with Crippen LogP contribution < -0.4 is 10.6 Å². The van der Waals surface area contributed by atoms with Crippen LogP contribution in [0.5, 0.6) is 0 Å². The van der Waals surface area contributed by atoms with E-state index in [0.29, 0.717) is 22.9 Å². The molecule has 6 heteroatoms. The lowest BCUT2D eigenvalue weighted by atomic mass is 10.0. The zero-order valence-corrected chi connectivity index (χ0v) is 12.6. The van der Waals surface area contributed by atoms with Crippen LogP contribution in [0.4, 0.5) is 0 Å². The van der Waals surface area contributed by atoms with Gasteiger partial charge in [0.1, 0.15) is 6.04 Å². The van der Waals surface area contributed by atoms with E-state index in [0.717, 1.165) is 12.0 Å². The predicted octanol–water partition coefficient (Wildman–Crippen LogP) is 2.84. The van der Waals surface area contributed by atoms with Crippen LogP contribution in [0.15, 0.2) is 18.2 Å². The molecule has 108 valence electrons. The highest BCUT2D eigenvalue weighted by atomic mass is 35.5. The molecule has 1 heterocycles. The predicted molar refractivity (Wildman–Crippen MR) is 78.8 cm³/mol. The van der Waals surface area contributed by atoms with Crippen molar-refractivity contribution >= 4 is 35.0 Å². The lowest BCUT2D eigenvalue weighted by Gasteiger charge is -2.24. The molecule has 20 heavy (non-hydrogen) atoms. The number of piperidine rings is 1. The van der Waals surface area contributed by atoms with E-state index >= 15 is 0 Å². The Morgan fingerprint density at radius 3 is 2.90 bits per heavy atom. The molecule has 0 radical (unpaired) electrons. The second kappa shape index (κ2) is 6.46. The Balaban J connectivity index is 2.03. The molecule has 2 atom stereocenters. The van der Waals surface area contributed by atoms with Crippen LogP contribution in [-0.2, 0) is 9.59 Å². The van der Waals surface area contributed by atoms with E-state index in [4.69, 9.17) is 23.2 Å². The molecule has 4 nitrogen and oxygen atoms in total. The first-order chi connectivity index (χ1) is 9.47. The summed E-state index contributed by atoms with van der Waals surface area (Å²) >= 11 is 12.0. The number of hydrogen-bond acceptors (Lipinski definition) is 2. The first-order valence-electron chi connectivity index (χ1n) is 6.52. The normalized spacial score (nSPS) is 20.1. The van der Waals surface area contributed by atoms with Crippen molar-refractivity contribution in [3.8, 4) is 0 Å². The van der Waals surface area contributed by atoms with Gasteiger partial charge >= 0.3 is 0 Å². The molecule has 0 bridgehead atoms. The van der Waals surface area contributed by atoms with Gasteiger partial charge in [0.2, 0.25) is 11.8 Å². The third-order valence-corrected chi connectivity index (χ3v) is 3.91. The maximum absolute atomic E-state index is 12.1. The summed E-state index contributed by atoms with van der Waals surface area (Å²) in [5, 5.41) is 6.66. The van der Waals surface area contributed by atoms with Crippen LogP contribution in [0.3, 0.4) is 0 Å². The van der Waals surface area contributed by atoms with Gasteiger partial charge in [0.15, 0.2) is 0 Å². The van der Waals surface area contributed by atoms with Crippen molar-refractivity contribution in [2.45, 2.75) is 38.3 Å². The zero-order valence-electron chi connectivity index (χ0n) is 11.1. The largest absolute Gasteiger partial charge is 0.348 e. The van der Waals surface area contributed by atoms with Crippen molar-refractivity contribution in [3.05, 3.63) is 33.8 Å². The quantitative estimate of drug-likeness (QED) is 0.901. The number of halogens is 2. The summed E-state index contributed by atoms with van der Waals surface area (Å²) in [6, 6.07) is 4.39. The minimum absolute atomic E-state index is 0.0789. The average molecular weight is 315 g/mol. The van der Waals surface area contributed by atoms with Gasteiger partial charge < -0.3 is 10.6 Å². The Bertz CT molecular complexity index is 534. The summed E-state index contributed by atoms with van der Waals surface area (Å²) < 4.78 is 0. The fourth-order valence-corrected chi connectivity index (χ4v) is 2.70. The molecule has 2 N–H and O–H groups in total. The molecule has 2 rings (SSSR count). The minimum Gasteiger partial charge on any atom is -0.348 e. The third-order valence-electron chi connectivity index (χ3n) is 3.33. The molecular formula is C14H16Cl2N2O2. The summed E-state index contributed by atoms with van der Waals surface area (Å²) in [4.78, 5) is 23.4. The van der Waals surface area contributed by atoms with E-state index in [1.807, 2.05) is 6.92 Å². The standard InChI is InChI=1S/C14H16Cl2N2O2/c1-8(10-7-9(15)5-6-11(10)16)17-14(20)12-3-2-4-13(19)18-12/h5-8,12H,2-4H2,1H3,(H,17,20)(H,18,19)/t8-,12+/m0/s1. The summed E-state index contributed by atoms with van der Waals surface area (Å²) in [6.07, 6.45) is 1.88.